The number of hydrogen-bond donors (Lipinski definition) is 1. The summed E-state index contributed by atoms with van der Waals surface area (Å²) in [6.07, 6.45) is 2.95. The van der Waals surface area contributed by atoms with Crippen LogP contribution < -0.4 is 0 Å². The lowest BCUT2D eigenvalue weighted by Gasteiger charge is -2.31. The Morgan fingerprint density at radius 2 is 1.57 bits per heavy atom. The summed E-state index contributed by atoms with van der Waals surface area (Å²) in [6.45, 7) is 13.4. The highest BCUT2D eigenvalue weighted by molar-refractivity contribution is 4.76. The molecule has 0 aliphatic carbocycles. The average molecular weight is 200 g/mol. The predicted molar refractivity (Wildman–Crippen MR) is 63.3 cm³/mol. The van der Waals surface area contributed by atoms with Crippen molar-refractivity contribution in [2.45, 2.75) is 66.9 Å². The molecule has 0 aliphatic heterocycles. The van der Waals surface area contributed by atoms with Gasteiger partial charge in [-0.1, -0.05) is 48.0 Å². The van der Waals surface area contributed by atoms with E-state index in [0.29, 0.717) is 17.3 Å². The monoisotopic (exact) mass is 200 g/mol. The van der Waals surface area contributed by atoms with Crippen LogP contribution in [0.15, 0.2) is 0 Å². The number of aliphatic hydroxyl groups is 1. The van der Waals surface area contributed by atoms with E-state index in [0.717, 1.165) is 12.8 Å². The second-order valence-corrected chi connectivity index (χ2v) is 5.99. The molecule has 86 valence electrons. The maximum absolute atomic E-state index is 9.88. The Morgan fingerprint density at radius 1 is 1.07 bits per heavy atom. The minimum absolute atomic E-state index is 0.112. The number of rotatable bonds is 5. The Morgan fingerprint density at radius 3 is 1.86 bits per heavy atom. The second-order valence-electron chi connectivity index (χ2n) is 5.99. The zero-order valence-corrected chi connectivity index (χ0v) is 10.8. The molecule has 0 saturated carbocycles. The van der Waals surface area contributed by atoms with Gasteiger partial charge in [0, 0.05) is 0 Å². The third-order valence-corrected chi connectivity index (χ3v) is 3.02. The van der Waals surface area contributed by atoms with Crippen molar-refractivity contribution in [1.29, 1.82) is 0 Å². The summed E-state index contributed by atoms with van der Waals surface area (Å²) in [7, 11) is 0. The van der Waals surface area contributed by atoms with E-state index in [1.165, 1.54) is 6.42 Å². The Labute approximate surface area is 89.9 Å². The summed E-state index contributed by atoms with van der Waals surface area (Å²) in [4.78, 5) is 0. The van der Waals surface area contributed by atoms with E-state index in [9.17, 15) is 5.11 Å². The normalized spacial score (nSPS) is 17.1. The van der Waals surface area contributed by atoms with Gasteiger partial charge in [0.1, 0.15) is 0 Å². The molecule has 0 rings (SSSR count). The van der Waals surface area contributed by atoms with E-state index in [1.807, 2.05) is 0 Å². The van der Waals surface area contributed by atoms with Crippen molar-refractivity contribution in [3.8, 4) is 0 Å². The summed E-state index contributed by atoms with van der Waals surface area (Å²) in [5.74, 6) is 1.23. The van der Waals surface area contributed by atoms with E-state index in [-0.39, 0.29) is 6.10 Å². The average Bonchev–Trinajstić information content (AvgIpc) is 1.96. The molecule has 2 atom stereocenters. The van der Waals surface area contributed by atoms with Crippen molar-refractivity contribution in [2.24, 2.45) is 17.3 Å². The molecule has 0 aromatic carbocycles. The minimum Gasteiger partial charge on any atom is -0.393 e. The summed E-state index contributed by atoms with van der Waals surface area (Å²) in [5.41, 5.74) is 0.326. The molecule has 0 fully saturated rings. The molecule has 0 heterocycles. The molecule has 0 amide bonds. The van der Waals surface area contributed by atoms with Crippen LogP contribution in [-0.4, -0.2) is 11.2 Å². The molecule has 2 unspecified atom stereocenters. The van der Waals surface area contributed by atoms with Gasteiger partial charge in [-0.25, -0.2) is 0 Å². The van der Waals surface area contributed by atoms with Gasteiger partial charge in [0.15, 0.2) is 0 Å². The van der Waals surface area contributed by atoms with Crippen LogP contribution in [0.3, 0.4) is 0 Å². The highest BCUT2D eigenvalue weighted by atomic mass is 16.3. The first kappa shape index (κ1) is 14.0. The molecule has 0 bridgehead atoms. The Bertz CT molecular complexity index is 144. The standard InChI is InChI=1S/C13H28O/c1-7-11(13(4,5)6)9-12(14)8-10(2)3/h10-12,14H,7-9H2,1-6H3. The molecule has 14 heavy (non-hydrogen) atoms. The molecular formula is C13H28O. The van der Waals surface area contributed by atoms with Crippen molar-refractivity contribution in [2.75, 3.05) is 0 Å². The van der Waals surface area contributed by atoms with Gasteiger partial charge < -0.3 is 5.11 Å². The van der Waals surface area contributed by atoms with E-state index in [1.54, 1.807) is 0 Å². The summed E-state index contributed by atoms with van der Waals surface area (Å²) in [5, 5.41) is 9.88. The topological polar surface area (TPSA) is 20.2 Å². The summed E-state index contributed by atoms with van der Waals surface area (Å²) in [6, 6.07) is 0. The molecular weight excluding hydrogens is 172 g/mol. The third kappa shape index (κ3) is 5.64. The van der Waals surface area contributed by atoms with Gasteiger partial charge in [-0.3, -0.25) is 0 Å². The number of hydrogen-bond acceptors (Lipinski definition) is 1. The van der Waals surface area contributed by atoms with Crippen LogP contribution in [0.25, 0.3) is 0 Å². The smallest absolute Gasteiger partial charge is 0.0545 e. The molecule has 1 heteroatoms. The van der Waals surface area contributed by atoms with Crippen molar-refractivity contribution >= 4 is 0 Å². The van der Waals surface area contributed by atoms with Crippen molar-refractivity contribution in [3.05, 3.63) is 0 Å². The molecule has 0 radical (unpaired) electrons. The highest BCUT2D eigenvalue weighted by Gasteiger charge is 2.25. The van der Waals surface area contributed by atoms with Gasteiger partial charge in [0.2, 0.25) is 0 Å². The quantitative estimate of drug-likeness (QED) is 0.714. The van der Waals surface area contributed by atoms with Crippen LogP contribution in [0.5, 0.6) is 0 Å². The maximum Gasteiger partial charge on any atom is 0.0545 e. The predicted octanol–water partition coefficient (Wildman–Crippen LogP) is 3.86. The summed E-state index contributed by atoms with van der Waals surface area (Å²) >= 11 is 0. The van der Waals surface area contributed by atoms with Crippen molar-refractivity contribution in [1.82, 2.24) is 0 Å². The zero-order chi connectivity index (χ0) is 11.4. The zero-order valence-electron chi connectivity index (χ0n) is 10.8. The van der Waals surface area contributed by atoms with Gasteiger partial charge in [0.05, 0.1) is 6.10 Å². The van der Waals surface area contributed by atoms with Crippen LogP contribution in [0.1, 0.15) is 60.8 Å². The lowest BCUT2D eigenvalue weighted by Crippen LogP contribution is -2.25. The van der Waals surface area contributed by atoms with E-state index < -0.39 is 0 Å². The summed E-state index contributed by atoms with van der Waals surface area (Å²) < 4.78 is 0. The first-order valence-electron chi connectivity index (χ1n) is 5.95. The van der Waals surface area contributed by atoms with Gasteiger partial charge in [-0.05, 0) is 30.1 Å². The first-order valence-corrected chi connectivity index (χ1v) is 5.95. The van der Waals surface area contributed by atoms with Gasteiger partial charge in [0.25, 0.3) is 0 Å². The maximum atomic E-state index is 9.88. The van der Waals surface area contributed by atoms with Gasteiger partial charge in [-0.15, -0.1) is 0 Å². The Hall–Kier alpha value is -0.0400. The Balaban J connectivity index is 4.06. The van der Waals surface area contributed by atoms with Crippen LogP contribution in [0.4, 0.5) is 0 Å². The van der Waals surface area contributed by atoms with Crippen LogP contribution in [0.2, 0.25) is 0 Å². The molecule has 0 aromatic heterocycles. The lowest BCUT2D eigenvalue weighted by molar-refractivity contribution is 0.0841. The molecule has 1 nitrogen and oxygen atoms in total. The fourth-order valence-electron chi connectivity index (χ4n) is 2.10. The second kappa shape index (κ2) is 5.75. The minimum atomic E-state index is -0.112. The Kier molecular flexibility index (Phi) is 5.73. The number of aliphatic hydroxyl groups excluding tert-OH is 1. The molecule has 0 aliphatic rings. The fourth-order valence-corrected chi connectivity index (χ4v) is 2.10. The molecule has 1 N–H and O–H groups in total. The van der Waals surface area contributed by atoms with Gasteiger partial charge in [-0.2, -0.15) is 0 Å². The van der Waals surface area contributed by atoms with Crippen molar-refractivity contribution < 1.29 is 5.11 Å². The third-order valence-electron chi connectivity index (χ3n) is 3.02. The fraction of sp³-hybridized carbons (Fsp3) is 1.00. The van der Waals surface area contributed by atoms with Crippen molar-refractivity contribution in [3.63, 3.8) is 0 Å². The molecule has 0 saturated heterocycles. The van der Waals surface area contributed by atoms with Crippen LogP contribution >= 0.6 is 0 Å². The largest absolute Gasteiger partial charge is 0.393 e. The van der Waals surface area contributed by atoms with E-state index in [4.69, 9.17) is 0 Å². The lowest BCUT2D eigenvalue weighted by atomic mass is 9.75. The molecule has 0 aromatic rings. The van der Waals surface area contributed by atoms with Crippen LogP contribution in [-0.2, 0) is 0 Å². The van der Waals surface area contributed by atoms with Crippen LogP contribution in [0, 0.1) is 17.3 Å². The first-order chi connectivity index (χ1) is 6.27. The van der Waals surface area contributed by atoms with E-state index >= 15 is 0 Å². The van der Waals surface area contributed by atoms with E-state index in [2.05, 4.69) is 41.5 Å². The highest BCUT2D eigenvalue weighted by Crippen LogP contribution is 2.33. The SMILES string of the molecule is CCC(CC(O)CC(C)C)C(C)(C)C. The van der Waals surface area contributed by atoms with Gasteiger partial charge >= 0.3 is 0 Å². The molecule has 0 spiro atoms.